The van der Waals surface area contributed by atoms with Gasteiger partial charge in [-0.3, -0.25) is 0 Å². The number of hydrogen-bond acceptors (Lipinski definition) is 2. The van der Waals surface area contributed by atoms with Gasteiger partial charge in [0.1, 0.15) is 0 Å². The minimum Gasteiger partial charge on any atom is -0.380 e. The Hall–Kier alpha value is -1.22. The first-order valence-corrected chi connectivity index (χ1v) is 7.46. The molecule has 1 heterocycles. The summed E-state index contributed by atoms with van der Waals surface area (Å²) >= 11 is 14.0. The number of benzene rings is 2. The minimum absolute atomic E-state index is 0.722. The van der Waals surface area contributed by atoms with E-state index < -0.39 is 0 Å². The Balaban J connectivity index is 1.82. The maximum atomic E-state index is 6.40. The van der Waals surface area contributed by atoms with Crippen LogP contribution in [-0.2, 0) is 6.54 Å². The first-order chi connectivity index (χ1) is 9.24. The lowest BCUT2D eigenvalue weighted by Gasteiger charge is -2.05. The van der Waals surface area contributed by atoms with Gasteiger partial charge >= 0.3 is 0 Å². The molecule has 4 heteroatoms. The largest absolute Gasteiger partial charge is 0.380 e. The Morgan fingerprint density at radius 2 is 1.68 bits per heavy atom. The molecule has 0 saturated carbocycles. The summed E-state index contributed by atoms with van der Waals surface area (Å²) in [4.78, 5) is 1.15. The van der Waals surface area contributed by atoms with E-state index in [0.717, 1.165) is 32.5 Å². The number of thiophene rings is 1. The van der Waals surface area contributed by atoms with Crippen LogP contribution in [0.25, 0.3) is 10.1 Å². The second-order valence-electron chi connectivity index (χ2n) is 4.20. The van der Waals surface area contributed by atoms with E-state index in [-0.39, 0.29) is 0 Å². The number of halogens is 2. The van der Waals surface area contributed by atoms with Gasteiger partial charge in [-0.2, -0.15) is 0 Å². The summed E-state index contributed by atoms with van der Waals surface area (Å²) in [5.74, 6) is 0. The lowest BCUT2D eigenvalue weighted by Crippen LogP contribution is -1.97. The predicted octanol–water partition coefficient (Wildman–Crippen LogP) is 5.82. The van der Waals surface area contributed by atoms with Crippen molar-refractivity contribution in [2.45, 2.75) is 6.54 Å². The Morgan fingerprint density at radius 3 is 2.42 bits per heavy atom. The predicted molar refractivity (Wildman–Crippen MR) is 85.6 cm³/mol. The normalized spacial score (nSPS) is 10.8. The Bertz CT molecular complexity index is 704. The van der Waals surface area contributed by atoms with E-state index in [2.05, 4.69) is 17.4 Å². The lowest BCUT2D eigenvalue weighted by molar-refractivity contribution is 1.19. The molecular weight excluding hydrogens is 297 g/mol. The molecule has 3 rings (SSSR count). The van der Waals surface area contributed by atoms with Crippen molar-refractivity contribution >= 4 is 50.3 Å². The summed E-state index contributed by atoms with van der Waals surface area (Å²) < 4.78 is 1.22. The molecule has 96 valence electrons. The Morgan fingerprint density at radius 1 is 0.947 bits per heavy atom. The molecule has 1 aromatic heterocycles. The molecule has 0 aliphatic rings. The van der Waals surface area contributed by atoms with Crippen LogP contribution in [0.3, 0.4) is 0 Å². The molecule has 19 heavy (non-hydrogen) atoms. The van der Waals surface area contributed by atoms with Crippen LogP contribution in [0.2, 0.25) is 10.0 Å². The third-order valence-electron chi connectivity index (χ3n) is 2.90. The summed E-state index contributed by atoms with van der Waals surface area (Å²) in [7, 11) is 0. The van der Waals surface area contributed by atoms with Gasteiger partial charge in [0.05, 0.1) is 11.6 Å². The third kappa shape index (κ3) is 2.71. The summed E-state index contributed by atoms with van der Waals surface area (Å²) in [5.41, 5.74) is 1.04. The van der Waals surface area contributed by atoms with Gasteiger partial charge in [-0.25, -0.2) is 0 Å². The van der Waals surface area contributed by atoms with E-state index in [1.54, 1.807) is 11.3 Å². The third-order valence-corrected chi connectivity index (χ3v) is 4.87. The molecule has 1 nitrogen and oxygen atoms in total. The van der Waals surface area contributed by atoms with Gasteiger partial charge in [-0.1, -0.05) is 41.4 Å². The zero-order valence-electron chi connectivity index (χ0n) is 9.99. The van der Waals surface area contributed by atoms with Crippen LogP contribution < -0.4 is 5.32 Å². The van der Waals surface area contributed by atoms with Crippen molar-refractivity contribution < 1.29 is 0 Å². The fraction of sp³-hybridized carbons (Fsp3) is 0.0667. The molecule has 1 N–H and O–H groups in total. The highest BCUT2D eigenvalue weighted by molar-refractivity contribution is 7.19. The number of nitrogens with one attached hydrogen (secondary N) is 1. The van der Waals surface area contributed by atoms with E-state index in [4.69, 9.17) is 23.2 Å². The molecule has 0 bridgehead atoms. The summed E-state index contributed by atoms with van der Waals surface area (Å²) in [6, 6.07) is 15.9. The highest BCUT2D eigenvalue weighted by Crippen LogP contribution is 2.35. The van der Waals surface area contributed by atoms with Gasteiger partial charge in [-0.15, -0.1) is 11.3 Å². The number of rotatable bonds is 3. The van der Waals surface area contributed by atoms with Crippen LogP contribution in [0.1, 0.15) is 4.88 Å². The molecule has 0 fully saturated rings. The van der Waals surface area contributed by atoms with Crippen LogP contribution in [0.4, 0.5) is 5.69 Å². The molecule has 0 spiro atoms. The van der Waals surface area contributed by atoms with Crippen molar-refractivity contribution in [2.75, 3.05) is 5.32 Å². The zero-order chi connectivity index (χ0) is 13.2. The lowest BCUT2D eigenvalue weighted by atomic mass is 10.2. The van der Waals surface area contributed by atoms with E-state index in [0.29, 0.717) is 0 Å². The van der Waals surface area contributed by atoms with Crippen LogP contribution in [-0.4, -0.2) is 0 Å². The first-order valence-electron chi connectivity index (χ1n) is 5.89. The van der Waals surface area contributed by atoms with Gasteiger partial charge in [0, 0.05) is 25.7 Å². The molecule has 0 aliphatic carbocycles. The average Bonchev–Trinajstić information content (AvgIpc) is 2.76. The van der Waals surface area contributed by atoms with E-state index in [9.17, 15) is 0 Å². The zero-order valence-corrected chi connectivity index (χ0v) is 12.3. The van der Waals surface area contributed by atoms with Crippen molar-refractivity contribution in [2.24, 2.45) is 0 Å². The van der Waals surface area contributed by atoms with E-state index >= 15 is 0 Å². The van der Waals surface area contributed by atoms with Crippen LogP contribution >= 0.6 is 34.5 Å². The second-order valence-corrected chi connectivity index (χ2v) is 6.15. The van der Waals surface area contributed by atoms with Crippen molar-refractivity contribution in [3.8, 4) is 0 Å². The SMILES string of the molecule is Clc1ccc(NCc2sc3ccccc3c2Cl)cc1. The van der Waals surface area contributed by atoms with Crippen molar-refractivity contribution in [1.29, 1.82) is 0 Å². The summed E-state index contributed by atoms with van der Waals surface area (Å²) in [6.07, 6.45) is 0. The molecule has 0 saturated heterocycles. The van der Waals surface area contributed by atoms with Crippen molar-refractivity contribution in [3.05, 3.63) is 63.5 Å². The molecule has 0 amide bonds. The Labute approximate surface area is 125 Å². The minimum atomic E-state index is 0.722. The van der Waals surface area contributed by atoms with Crippen molar-refractivity contribution in [1.82, 2.24) is 0 Å². The van der Waals surface area contributed by atoms with Gasteiger partial charge in [0.25, 0.3) is 0 Å². The first kappa shape index (κ1) is 12.8. The molecule has 3 aromatic rings. The van der Waals surface area contributed by atoms with Crippen molar-refractivity contribution in [3.63, 3.8) is 0 Å². The monoisotopic (exact) mass is 307 g/mol. The van der Waals surface area contributed by atoms with Gasteiger partial charge < -0.3 is 5.32 Å². The highest BCUT2D eigenvalue weighted by Gasteiger charge is 2.09. The van der Waals surface area contributed by atoms with Gasteiger partial charge in [-0.05, 0) is 30.3 Å². The van der Waals surface area contributed by atoms with Crippen LogP contribution in [0, 0.1) is 0 Å². The van der Waals surface area contributed by atoms with Gasteiger partial charge in [0.15, 0.2) is 0 Å². The smallest absolute Gasteiger partial charge is 0.0642 e. The summed E-state index contributed by atoms with van der Waals surface area (Å²) in [6.45, 7) is 0.722. The standard InChI is InChI=1S/C15H11Cl2NS/c16-10-5-7-11(8-6-10)18-9-14-15(17)12-3-1-2-4-13(12)19-14/h1-8,18H,9H2. The highest BCUT2D eigenvalue weighted by atomic mass is 35.5. The fourth-order valence-corrected chi connectivity index (χ4v) is 3.49. The fourth-order valence-electron chi connectivity index (χ4n) is 1.93. The maximum Gasteiger partial charge on any atom is 0.0642 e. The van der Waals surface area contributed by atoms with E-state index in [1.165, 1.54) is 4.70 Å². The molecule has 0 aliphatic heterocycles. The number of anilines is 1. The molecule has 0 atom stereocenters. The van der Waals surface area contributed by atoms with Gasteiger partial charge in [0.2, 0.25) is 0 Å². The molecular formula is C15H11Cl2NS. The number of hydrogen-bond donors (Lipinski definition) is 1. The van der Waals surface area contributed by atoms with E-state index in [1.807, 2.05) is 36.4 Å². The topological polar surface area (TPSA) is 12.0 Å². The maximum absolute atomic E-state index is 6.40. The summed E-state index contributed by atoms with van der Waals surface area (Å²) in [5, 5.41) is 6.07. The average molecular weight is 308 g/mol. The Kier molecular flexibility index (Phi) is 3.65. The molecule has 2 aromatic carbocycles. The number of fused-ring (bicyclic) bond motifs is 1. The van der Waals surface area contributed by atoms with Crippen LogP contribution in [0.15, 0.2) is 48.5 Å². The molecule has 0 unspecified atom stereocenters. The second kappa shape index (κ2) is 5.41. The van der Waals surface area contributed by atoms with Crippen LogP contribution in [0.5, 0.6) is 0 Å². The molecule has 0 radical (unpaired) electrons. The quantitative estimate of drug-likeness (QED) is 0.643.